The molecule has 1 N–H and O–H groups in total. The number of alkyl halides is 2. The van der Waals surface area contributed by atoms with E-state index in [1.54, 1.807) is 31.2 Å². The molecule has 0 saturated heterocycles. The summed E-state index contributed by atoms with van der Waals surface area (Å²) in [5, 5.41) is 3.02. The van der Waals surface area contributed by atoms with Crippen LogP contribution in [0.3, 0.4) is 0 Å². The third-order valence-electron chi connectivity index (χ3n) is 3.08. The summed E-state index contributed by atoms with van der Waals surface area (Å²) in [7, 11) is 0. The molecule has 5 heteroatoms. The van der Waals surface area contributed by atoms with Gasteiger partial charge in [0.25, 0.3) is 0 Å². The van der Waals surface area contributed by atoms with Crippen LogP contribution in [0.1, 0.15) is 24.1 Å². The van der Waals surface area contributed by atoms with Gasteiger partial charge >= 0.3 is 6.61 Å². The third kappa shape index (κ3) is 4.15. The zero-order valence-corrected chi connectivity index (χ0v) is 11.7. The molecule has 0 amide bonds. The van der Waals surface area contributed by atoms with Crippen molar-refractivity contribution >= 4 is 5.69 Å². The Morgan fingerprint density at radius 2 is 1.86 bits per heavy atom. The molecule has 0 aromatic heterocycles. The average Bonchev–Trinajstić information content (AvgIpc) is 2.41. The Morgan fingerprint density at radius 1 is 1.10 bits per heavy atom. The number of aryl methyl sites for hydroxylation is 1. The normalized spacial score (nSPS) is 12.3. The van der Waals surface area contributed by atoms with Crippen LogP contribution in [0.4, 0.5) is 18.9 Å². The molecule has 2 aromatic rings. The molecule has 0 heterocycles. The maximum absolute atomic E-state index is 13.8. The van der Waals surface area contributed by atoms with Crippen LogP contribution < -0.4 is 10.1 Å². The van der Waals surface area contributed by atoms with Gasteiger partial charge in [-0.2, -0.15) is 8.78 Å². The van der Waals surface area contributed by atoms with Crippen molar-refractivity contribution in [3.05, 3.63) is 59.4 Å². The van der Waals surface area contributed by atoms with E-state index < -0.39 is 6.61 Å². The van der Waals surface area contributed by atoms with Crippen LogP contribution in [0, 0.1) is 12.7 Å². The molecular formula is C16H16F3NO. The van der Waals surface area contributed by atoms with E-state index in [1.807, 2.05) is 6.92 Å². The largest absolute Gasteiger partial charge is 0.435 e. The van der Waals surface area contributed by atoms with Gasteiger partial charge in [-0.1, -0.05) is 18.2 Å². The fourth-order valence-electron chi connectivity index (χ4n) is 2.01. The van der Waals surface area contributed by atoms with Gasteiger partial charge in [-0.25, -0.2) is 4.39 Å². The maximum Gasteiger partial charge on any atom is 0.387 e. The predicted octanol–water partition coefficient (Wildman–Crippen LogP) is 4.91. The monoisotopic (exact) mass is 295 g/mol. The summed E-state index contributed by atoms with van der Waals surface area (Å²) in [6.07, 6.45) is 0. The second-order valence-corrected chi connectivity index (χ2v) is 4.80. The van der Waals surface area contributed by atoms with Crippen LogP contribution in [0.15, 0.2) is 42.5 Å². The lowest BCUT2D eigenvalue weighted by Crippen LogP contribution is -2.09. The second kappa shape index (κ2) is 6.52. The molecule has 1 unspecified atom stereocenters. The first-order chi connectivity index (χ1) is 9.95. The van der Waals surface area contributed by atoms with Gasteiger partial charge in [0.1, 0.15) is 11.6 Å². The molecule has 0 saturated carbocycles. The first kappa shape index (κ1) is 15.2. The second-order valence-electron chi connectivity index (χ2n) is 4.80. The van der Waals surface area contributed by atoms with Crippen LogP contribution in [0.2, 0.25) is 0 Å². The van der Waals surface area contributed by atoms with Crippen LogP contribution in [-0.4, -0.2) is 6.61 Å². The summed E-state index contributed by atoms with van der Waals surface area (Å²) in [4.78, 5) is 0. The summed E-state index contributed by atoms with van der Waals surface area (Å²) in [6, 6.07) is 11.0. The van der Waals surface area contributed by atoms with E-state index in [-0.39, 0.29) is 17.6 Å². The van der Waals surface area contributed by atoms with Gasteiger partial charge in [0.05, 0.1) is 5.69 Å². The highest BCUT2D eigenvalue weighted by Crippen LogP contribution is 2.25. The molecule has 0 bridgehead atoms. The van der Waals surface area contributed by atoms with Gasteiger partial charge in [0, 0.05) is 6.04 Å². The Morgan fingerprint density at radius 3 is 2.52 bits per heavy atom. The van der Waals surface area contributed by atoms with Crippen molar-refractivity contribution in [1.29, 1.82) is 0 Å². The van der Waals surface area contributed by atoms with Crippen molar-refractivity contribution in [3.63, 3.8) is 0 Å². The van der Waals surface area contributed by atoms with Gasteiger partial charge in [0.15, 0.2) is 0 Å². The summed E-state index contributed by atoms with van der Waals surface area (Å²) >= 11 is 0. The molecule has 0 fully saturated rings. The highest BCUT2D eigenvalue weighted by molar-refractivity contribution is 5.48. The van der Waals surface area contributed by atoms with Crippen LogP contribution in [-0.2, 0) is 0 Å². The summed E-state index contributed by atoms with van der Waals surface area (Å²) in [5.41, 5.74) is 1.93. The molecule has 1 atom stereocenters. The van der Waals surface area contributed by atoms with Crippen LogP contribution in [0.5, 0.6) is 5.75 Å². The van der Waals surface area contributed by atoms with Crippen molar-refractivity contribution in [2.24, 2.45) is 0 Å². The third-order valence-corrected chi connectivity index (χ3v) is 3.08. The number of benzene rings is 2. The maximum atomic E-state index is 13.8. The minimum Gasteiger partial charge on any atom is -0.435 e. The molecule has 0 aliphatic heterocycles. The van der Waals surface area contributed by atoms with Crippen molar-refractivity contribution in [2.75, 3.05) is 5.32 Å². The standard InChI is InChI=1S/C16H16F3NO/c1-10-6-7-15(14(17)8-10)20-11(2)12-4-3-5-13(9-12)21-16(18)19/h3-9,11,16,20H,1-2H3. The first-order valence-electron chi connectivity index (χ1n) is 6.53. The topological polar surface area (TPSA) is 21.3 Å². The van der Waals surface area contributed by atoms with Gasteiger partial charge in [-0.15, -0.1) is 0 Å². The highest BCUT2D eigenvalue weighted by Gasteiger charge is 2.11. The number of rotatable bonds is 5. The van der Waals surface area contributed by atoms with E-state index >= 15 is 0 Å². The number of hydrogen-bond donors (Lipinski definition) is 1. The number of anilines is 1. The van der Waals surface area contributed by atoms with E-state index in [0.29, 0.717) is 5.69 Å². The van der Waals surface area contributed by atoms with Crippen molar-refractivity contribution in [3.8, 4) is 5.75 Å². The lowest BCUT2D eigenvalue weighted by atomic mass is 10.1. The Labute approximate surface area is 121 Å². The Balaban J connectivity index is 2.14. The Bertz CT molecular complexity index is 616. The van der Waals surface area contributed by atoms with E-state index in [1.165, 1.54) is 18.2 Å². The first-order valence-corrected chi connectivity index (χ1v) is 6.53. The smallest absolute Gasteiger partial charge is 0.387 e. The summed E-state index contributed by atoms with van der Waals surface area (Å²) in [6.45, 7) is 0.764. The Kier molecular flexibility index (Phi) is 4.73. The quantitative estimate of drug-likeness (QED) is 0.846. The minimum absolute atomic E-state index is 0.0838. The zero-order chi connectivity index (χ0) is 15.4. The molecule has 0 radical (unpaired) electrons. The molecular weight excluding hydrogens is 279 g/mol. The molecule has 0 spiro atoms. The van der Waals surface area contributed by atoms with Crippen molar-refractivity contribution in [1.82, 2.24) is 0 Å². The highest BCUT2D eigenvalue weighted by atomic mass is 19.3. The van der Waals surface area contributed by atoms with Gasteiger partial charge in [-0.3, -0.25) is 0 Å². The number of hydrogen-bond acceptors (Lipinski definition) is 2. The van der Waals surface area contributed by atoms with Gasteiger partial charge in [0.2, 0.25) is 0 Å². The molecule has 0 aliphatic rings. The van der Waals surface area contributed by atoms with Crippen LogP contribution in [0.25, 0.3) is 0 Å². The van der Waals surface area contributed by atoms with E-state index in [0.717, 1.165) is 11.1 Å². The molecule has 2 aromatic carbocycles. The van der Waals surface area contributed by atoms with Crippen molar-refractivity contribution < 1.29 is 17.9 Å². The van der Waals surface area contributed by atoms with E-state index in [9.17, 15) is 13.2 Å². The fraction of sp³-hybridized carbons (Fsp3) is 0.250. The molecule has 2 nitrogen and oxygen atoms in total. The zero-order valence-electron chi connectivity index (χ0n) is 11.7. The molecule has 2 rings (SSSR count). The number of nitrogens with one attached hydrogen (secondary N) is 1. The molecule has 112 valence electrons. The van der Waals surface area contributed by atoms with Gasteiger partial charge < -0.3 is 10.1 Å². The van der Waals surface area contributed by atoms with Gasteiger partial charge in [-0.05, 0) is 49.2 Å². The van der Waals surface area contributed by atoms with E-state index in [4.69, 9.17) is 0 Å². The summed E-state index contributed by atoms with van der Waals surface area (Å²) < 4.78 is 42.6. The molecule has 21 heavy (non-hydrogen) atoms. The molecule has 0 aliphatic carbocycles. The predicted molar refractivity (Wildman–Crippen MR) is 76.2 cm³/mol. The summed E-state index contributed by atoms with van der Waals surface area (Å²) in [5.74, 6) is -0.262. The number of halogens is 3. The number of ether oxygens (including phenoxy) is 1. The fourth-order valence-corrected chi connectivity index (χ4v) is 2.01. The van der Waals surface area contributed by atoms with Crippen molar-refractivity contribution in [2.45, 2.75) is 26.5 Å². The lowest BCUT2D eigenvalue weighted by Gasteiger charge is -2.17. The average molecular weight is 295 g/mol. The lowest BCUT2D eigenvalue weighted by molar-refractivity contribution is -0.0498. The minimum atomic E-state index is -2.86. The Hall–Kier alpha value is -2.17. The van der Waals surface area contributed by atoms with E-state index in [2.05, 4.69) is 10.1 Å². The van der Waals surface area contributed by atoms with Crippen LogP contribution >= 0.6 is 0 Å². The SMILES string of the molecule is Cc1ccc(NC(C)c2cccc(OC(F)F)c2)c(F)c1.